The number of carbonyl (C=O) groups is 2. The average Bonchev–Trinajstić information content (AvgIpc) is 2.93. The molecule has 3 aromatic rings. The van der Waals surface area contributed by atoms with Crippen LogP contribution in [0.25, 0.3) is 0 Å². The van der Waals surface area contributed by atoms with Crippen molar-refractivity contribution in [3.05, 3.63) is 95.1 Å². The normalized spacial score (nSPS) is 13.2. The number of fused-ring (bicyclic) bond motifs is 1. The number of ether oxygens (including phenoxy) is 2. The standard InChI is InChI=1S/C32H38N2O4/c1-23(2)21-33-32(36)28(19-25-7-5-4-6-8-25)34(22-27-11-9-24(3)10-12-27)31(35)16-14-26-13-15-29-30(20-26)38-18-17-37-29/h4-13,15,20,23,28H,14,16-19,21-22H2,1-3H3,(H,33,36)/t28-/m1/s1. The minimum atomic E-state index is -0.620. The first kappa shape index (κ1) is 27.2. The van der Waals surface area contributed by atoms with E-state index in [1.54, 1.807) is 4.90 Å². The highest BCUT2D eigenvalue weighted by Crippen LogP contribution is 2.31. The third kappa shape index (κ3) is 7.60. The second-order valence-corrected chi connectivity index (χ2v) is 10.3. The molecule has 3 aromatic carbocycles. The van der Waals surface area contributed by atoms with Crippen molar-refractivity contribution >= 4 is 11.8 Å². The molecule has 0 aromatic heterocycles. The molecule has 2 amide bonds. The van der Waals surface area contributed by atoms with Crippen LogP contribution in [0, 0.1) is 12.8 Å². The summed E-state index contributed by atoms with van der Waals surface area (Å²) in [7, 11) is 0. The van der Waals surface area contributed by atoms with Crippen molar-refractivity contribution in [1.82, 2.24) is 10.2 Å². The third-order valence-electron chi connectivity index (χ3n) is 6.66. The van der Waals surface area contributed by atoms with Gasteiger partial charge in [0.2, 0.25) is 11.8 Å². The fourth-order valence-electron chi connectivity index (χ4n) is 4.50. The quantitative estimate of drug-likeness (QED) is 0.386. The van der Waals surface area contributed by atoms with Crippen LogP contribution in [0.2, 0.25) is 0 Å². The predicted molar refractivity (Wildman–Crippen MR) is 149 cm³/mol. The van der Waals surface area contributed by atoms with Gasteiger partial charge in [0.1, 0.15) is 19.3 Å². The maximum Gasteiger partial charge on any atom is 0.243 e. The maximum absolute atomic E-state index is 13.8. The summed E-state index contributed by atoms with van der Waals surface area (Å²) >= 11 is 0. The molecule has 1 heterocycles. The fraction of sp³-hybridized carbons (Fsp3) is 0.375. The van der Waals surface area contributed by atoms with Crippen molar-refractivity contribution in [2.75, 3.05) is 19.8 Å². The van der Waals surface area contributed by atoms with E-state index in [2.05, 4.69) is 19.2 Å². The van der Waals surface area contributed by atoms with Gasteiger partial charge < -0.3 is 19.7 Å². The van der Waals surface area contributed by atoms with E-state index in [0.29, 0.717) is 50.8 Å². The lowest BCUT2D eigenvalue weighted by molar-refractivity contribution is -0.141. The number of nitrogens with zero attached hydrogens (tertiary/aromatic N) is 1. The van der Waals surface area contributed by atoms with E-state index in [9.17, 15) is 9.59 Å². The fourth-order valence-corrected chi connectivity index (χ4v) is 4.50. The summed E-state index contributed by atoms with van der Waals surface area (Å²) in [6, 6.07) is 23.2. The molecule has 1 N–H and O–H groups in total. The molecule has 4 rings (SSSR count). The summed E-state index contributed by atoms with van der Waals surface area (Å²) < 4.78 is 11.3. The van der Waals surface area contributed by atoms with Crippen LogP contribution < -0.4 is 14.8 Å². The lowest BCUT2D eigenvalue weighted by Crippen LogP contribution is -2.51. The number of nitrogens with one attached hydrogen (secondary N) is 1. The van der Waals surface area contributed by atoms with Crippen molar-refractivity contribution in [2.24, 2.45) is 5.92 Å². The molecule has 6 nitrogen and oxygen atoms in total. The molecule has 0 aliphatic carbocycles. The van der Waals surface area contributed by atoms with Gasteiger partial charge in [-0.2, -0.15) is 0 Å². The van der Waals surface area contributed by atoms with Crippen LogP contribution in [0.15, 0.2) is 72.8 Å². The van der Waals surface area contributed by atoms with E-state index in [0.717, 1.165) is 28.0 Å². The van der Waals surface area contributed by atoms with Gasteiger partial charge in [-0.25, -0.2) is 0 Å². The number of amides is 2. The van der Waals surface area contributed by atoms with Crippen molar-refractivity contribution in [3.63, 3.8) is 0 Å². The molecular formula is C32H38N2O4. The van der Waals surface area contributed by atoms with Gasteiger partial charge in [0.05, 0.1) is 0 Å². The first-order valence-corrected chi connectivity index (χ1v) is 13.4. The van der Waals surface area contributed by atoms with Crippen LogP contribution in [0.1, 0.15) is 42.5 Å². The molecule has 38 heavy (non-hydrogen) atoms. The SMILES string of the molecule is Cc1ccc(CN(C(=O)CCc2ccc3c(c2)OCCO3)[C@H](Cc2ccccc2)C(=O)NCC(C)C)cc1. The molecule has 1 aliphatic rings. The second-order valence-electron chi connectivity index (χ2n) is 10.3. The first-order valence-electron chi connectivity index (χ1n) is 13.4. The lowest BCUT2D eigenvalue weighted by atomic mass is 10.0. The summed E-state index contributed by atoms with van der Waals surface area (Å²) in [5.74, 6) is 1.58. The molecule has 0 saturated carbocycles. The molecule has 0 fully saturated rings. The third-order valence-corrected chi connectivity index (χ3v) is 6.66. The Morgan fingerprint density at radius 3 is 2.26 bits per heavy atom. The van der Waals surface area contributed by atoms with Crippen LogP contribution in [0.3, 0.4) is 0 Å². The number of rotatable bonds is 11. The van der Waals surface area contributed by atoms with Gasteiger partial charge in [0.25, 0.3) is 0 Å². The van der Waals surface area contributed by atoms with Gasteiger partial charge in [-0.05, 0) is 48.1 Å². The van der Waals surface area contributed by atoms with Gasteiger partial charge in [-0.3, -0.25) is 9.59 Å². The number of aryl methyl sites for hydroxylation is 2. The monoisotopic (exact) mass is 514 g/mol. The van der Waals surface area contributed by atoms with E-state index in [1.807, 2.05) is 79.7 Å². The first-order chi connectivity index (χ1) is 18.4. The van der Waals surface area contributed by atoms with Crippen LogP contribution >= 0.6 is 0 Å². The molecule has 0 saturated heterocycles. The number of benzene rings is 3. The Kier molecular flexibility index (Phi) is 9.41. The number of hydrogen-bond acceptors (Lipinski definition) is 4. The average molecular weight is 515 g/mol. The summed E-state index contributed by atoms with van der Waals surface area (Å²) in [5.41, 5.74) is 4.17. The molecular weight excluding hydrogens is 476 g/mol. The van der Waals surface area contributed by atoms with Crippen molar-refractivity contribution < 1.29 is 19.1 Å². The Labute approximate surface area is 226 Å². The Hall–Kier alpha value is -3.80. The summed E-state index contributed by atoms with van der Waals surface area (Å²) in [4.78, 5) is 29.1. The van der Waals surface area contributed by atoms with Crippen LogP contribution in [-0.4, -0.2) is 42.5 Å². The Morgan fingerprint density at radius 1 is 0.868 bits per heavy atom. The van der Waals surface area contributed by atoms with E-state index in [1.165, 1.54) is 0 Å². The smallest absolute Gasteiger partial charge is 0.243 e. The topological polar surface area (TPSA) is 67.9 Å². The summed E-state index contributed by atoms with van der Waals surface area (Å²) in [6.45, 7) is 8.16. The molecule has 200 valence electrons. The number of carbonyl (C=O) groups excluding carboxylic acids is 2. The zero-order chi connectivity index (χ0) is 26.9. The highest BCUT2D eigenvalue weighted by molar-refractivity contribution is 5.88. The van der Waals surface area contributed by atoms with Crippen molar-refractivity contribution in [2.45, 2.75) is 52.6 Å². The molecule has 0 unspecified atom stereocenters. The van der Waals surface area contributed by atoms with Crippen molar-refractivity contribution in [1.29, 1.82) is 0 Å². The molecule has 6 heteroatoms. The summed E-state index contributed by atoms with van der Waals surface area (Å²) in [5, 5.41) is 3.08. The van der Waals surface area contributed by atoms with Crippen LogP contribution in [-0.2, 0) is 29.0 Å². The van der Waals surface area contributed by atoms with Gasteiger partial charge in [0, 0.05) is 25.9 Å². The zero-order valence-corrected chi connectivity index (χ0v) is 22.6. The van der Waals surface area contributed by atoms with Gasteiger partial charge in [0.15, 0.2) is 11.5 Å². The lowest BCUT2D eigenvalue weighted by Gasteiger charge is -2.32. The van der Waals surface area contributed by atoms with Gasteiger partial charge >= 0.3 is 0 Å². The van der Waals surface area contributed by atoms with Gasteiger partial charge in [-0.15, -0.1) is 0 Å². The second kappa shape index (κ2) is 13.1. The number of hydrogen-bond donors (Lipinski definition) is 1. The van der Waals surface area contributed by atoms with E-state index < -0.39 is 6.04 Å². The van der Waals surface area contributed by atoms with E-state index in [-0.39, 0.29) is 18.2 Å². The Balaban J connectivity index is 1.58. The van der Waals surface area contributed by atoms with Crippen LogP contribution in [0.4, 0.5) is 0 Å². The minimum absolute atomic E-state index is 0.0545. The Bertz CT molecular complexity index is 1210. The van der Waals surface area contributed by atoms with E-state index >= 15 is 0 Å². The molecule has 0 bridgehead atoms. The highest BCUT2D eigenvalue weighted by atomic mass is 16.6. The largest absolute Gasteiger partial charge is 0.486 e. The van der Waals surface area contributed by atoms with Crippen LogP contribution in [0.5, 0.6) is 11.5 Å². The molecule has 1 aliphatic heterocycles. The minimum Gasteiger partial charge on any atom is -0.486 e. The highest BCUT2D eigenvalue weighted by Gasteiger charge is 2.30. The molecule has 0 spiro atoms. The van der Waals surface area contributed by atoms with E-state index in [4.69, 9.17) is 9.47 Å². The summed E-state index contributed by atoms with van der Waals surface area (Å²) in [6.07, 6.45) is 1.28. The van der Waals surface area contributed by atoms with Gasteiger partial charge in [-0.1, -0.05) is 80.1 Å². The predicted octanol–water partition coefficient (Wildman–Crippen LogP) is 5.11. The zero-order valence-electron chi connectivity index (χ0n) is 22.6. The molecule has 0 radical (unpaired) electrons. The van der Waals surface area contributed by atoms with Crippen molar-refractivity contribution in [3.8, 4) is 11.5 Å². The molecule has 1 atom stereocenters. The maximum atomic E-state index is 13.8. The Morgan fingerprint density at radius 2 is 1.55 bits per heavy atom.